The number of nitrogens with two attached hydrogens (primary N) is 1. The van der Waals surface area contributed by atoms with E-state index in [-0.39, 0.29) is 10.6 Å². The van der Waals surface area contributed by atoms with Gasteiger partial charge in [-0.2, -0.15) is 16.8 Å². The van der Waals surface area contributed by atoms with E-state index in [2.05, 4.69) is 4.36 Å². The Kier molecular flexibility index (Phi) is 6.23. The molecule has 0 aliphatic carbocycles. The lowest BCUT2D eigenvalue weighted by atomic mass is 10.2. The summed E-state index contributed by atoms with van der Waals surface area (Å²) in [6, 6.07) is 12.9. The van der Waals surface area contributed by atoms with Gasteiger partial charge in [-0.25, -0.2) is 0 Å². The summed E-state index contributed by atoms with van der Waals surface area (Å²) in [5.41, 5.74) is 6.66. The minimum absolute atomic E-state index is 0.135. The fourth-order valence-electron chi connectivity index (χ4n) is 1.42. The second-order valence-corrected chi connectivity index (χ2v) is 6.18. The van der Waals surface area contributed by atoms with Crippen molar-refractivity contribution in [2.45, 2.75) is 11.8 Å². The molecule has 2 aromatic rings. The van der Waals surface area contributed by atoms with Crippen molar-refractivity contribution >= 4 is 32.0 Å². The average Bonchev–Trinajstić information content (AvgIpc) is 2.41. The summed E-state index contributed by atoms with van der Waals surface area (Å²) in [6.07, 6.45) is 0. The summed E-state index contributed by atoms with van der Waals surface area (Å²) in [7, 11) is -6.86. The Morgan fingerprint density at radius 2 is 1.68 bits per heavy atom. The average molecular weight is 342 g/mol. The lowest BCUT2D eigenvalue weighted by Gasteiger charge is -2.00. The van der Waals surface area contributed by atoms with Gasteiger partial charge < -0.3 is 5.73 Å². The van der Waals surface area contributed by atoms with Crippen LogP contribution in [-0.2, 0) is 20.6 Å². The van der Waals surface area contributed by atoms with Crippen LogP contribution < -0.4 is 5.73 Å². The Morgan fingerprint density at radius 3 is 2.05 bits per heavy atom. The van der Waals surface area contributed by atoms with Gasteiger partial charge >= 0.3 is 10.5 Å². The maximum atomic E-state index is 10.7. The second-order valence-electron chi connectivity index (χ2n) is 4.14. The van der Waals surface area contributed by atoms with Gasteiger partial charge in [0.2, 0.25) is 0 Å². The lowest BCUT2D eigenvalue weighted by Crippen LogP contribution is -1.97. The van der Waals surface area contributed by atoms with Crippen LogP contribution in [0.15, 0.2) is 57.8 Å². The first-order valence-electron chi connectivity index (χ1n) is 5.90. The molecule has 118 valence electrons. The molecular weight excluding hydrogens is 328 g/mol. The van der Waals surface area contributed by atoms with Crippen molar-refractivity contribution in [3.8, 4) is 0 Å². The fourth-order valence-corrected chi connectivity index (χ4v) is 2.36. The predicted molar refractivity (Wildman–Crippen MR) is 82.9 cm³/mol. The van der Waals surface area contributed by atoms with Gasteiger partial charge in [-0.15, -0.1) is 4.36 Å². The Labute approximate surface area is 129 Å². The van der Waals surface area contributed by atoms with Gasteiger partial charge in [0.25, 0.3) is 10.1 Å². The van der Waals surface area contributed by atoms with E-state index in [0.717, 1.165) is 17.8 Å². The number of nitrogen functional groups attached to an aromatic ring is 1. The molecule has 0 radical (unpaired) electrons. The zero-order chi connectivity index (χ0) is 16.8. The molecule has 0 atom stereocenters. The van der Waals surface area contributed by atoms with Gasteiger partial charge in [-0.1, -0.05) is 18.2 Å². The molecule has 2 aromatic carbocycles. The van der Waals surface area contributed by atoms with E-state index in [1.54, 1.807) is 0 Å². The first-order chi connectivity index (χ1) is 10.2. The number of hydrogen-bond acceptors (Lipinski definition) is 6. The van der Waals surface area contributed by atoms with Crippen molar-refractivity contribution in [1.29, 1.82) is 0 Å². The van der Waals surface area contributed by atoms with Gasteiger partial charge in [0, 0.05) is 5.69 Å². The lowest BCUT2D eigenvalue weighted by molar-refractivity contribution is 0.483. The van der Waals surface area contributed by atoms with E-state index in [1.807, 2.05) is 30.3 Å². The van der Waals surface area contributed by atoms with Crippen LogP contribution in [0.25, 0.3) is 0 Å². The van der Waals surface area contributed by atoms with Gasteiger partial charge in [0.05, 0.1) is 10.6 Å². The third-order valence-corrected chi connectivity index (χ3v) is 3.63. The number of anilines is 1. The highest BCUT2D eigenvalue weighted by Crippen LogP contribution is 2.21. The summed E-state index contributed by atoms with van der Waals surface area (Å²) in [5.74, 6) is 0. The predicted octanol–water partition coefficient (Wildman–Crippen LogP) is 2.20. The number of para-hydroxylation sites is 1. The molecule has 0 aliphatic rings. The van der Waals surface area contributed by atoms with Crippen LogP contribution in [0.5, 0.6) is 0 Å². The van der Waals surface area contributed by atoms with E-state index in [0.29, 0.717) is 5.56 Å². The largest absolute Gasteiger partial charge is 0.399 e. The zero-order valence-electron chi connectivity index (χ0n) is 11.5. The van der Waals surface area contributed by atoms with Gasteiger partial charge in [0.1, 0.15) is 0 Å². The number of benzene rings is 2. The van der Waals surface area contributed by atoms with Crippen LogP contribution in [0, 0.1) is 6.92 Å². The molecule has 9 heteroatoms. The van der Waals surface area contributed by atoms with Crippen molar-refractivity contribution in [3.05, 3.63) is 54.1 Å². The maximum Gasteiger partial charge on any atom is 0.316 e. The Bertz CT molecular complexity index is 868. The molecule has 0 saturated carbocycles. The highest BCUT2D eigenvalue weighted by atomic mass is 32.2. The van der Waals surface area contributed by atoms with E-state index < -0.39 is 20.6 Å². The van der Waals surface area contributed by atoms with E-state index in [4.69, 9.17) is 10.3 Å². The van der Waals surface area contributed by atoms with Gasteiger partial charge in [-0.3, -0.25) is 4.55 Å². The van der Waals surface area contributed by atoms with Crippen molar-refractivity contribution in [3.63, 3.8) is 0 Å². The van der Waals surface area contributed by atoms with Gasteiger partial charge in [-0.05, 0) is 42.8 Å². The minimum atomic E-state index is -4.27. The van der Waals surface area contributed by atoms with Crippen molar-refractivity contribution in [1.82, 2.24) is 0 Å². The van der Waals surface area contributed by atoms with Crippen LogP contribution in [0.4, 0.5) is 11.4 Å². The third-order valence-electron chi connectivity index (χ3n) is 2.44. The van der Waals surface area contributed by atoms with Crippen LogP contribution in [0.2, 0.25) is 0 Å². The second kappa shape index (κ2) is 7.69. The monoisotopic (exact) mass is 342 g/mol. The molecule has 0 spiro atoms. The fraction of sp³-hybridized carbons (Fsp3) is 0.0769. The number of nitrogens with zero attached hydrogens (tertiary/aromatic N) is 1. The van der Waals surface area contributed by atoms with Crippen LogP contribution in [0.1, 0.15) is 5.56 Å². The van der Waals surface area contributed by atoms with Crippen LogP contribution >= 0.6 is 0 Å². The summed E-state index contributed by atoms with van der Waals surface area (Å²) in [5, 5.41) is 0. The molecule has 0 fully saturated rings. The molecule has 7 nitrogen and oxygen atoms in total. The molecule has 3 N–H and O–H groups in total. The molecule has 0 bridgehead atoms. The molecular formula is C13H14N2O5S2. The molecule has 0 aliphatic heterocycles. The molecule has 0 aromatic heterocycles. The maximum absolute atomic E-state index is 10.7. The number of rotatable bonds is 2. The molecule has 0 saturated heterocycles. The first kappa shape index (κ1) is 17.8. The molecule has 2 rings (SSSR count). The van der Waals surface area contributed by atoms with Gasteiger partial charge in [0.15, 0.2) is 0 Å². The number of aryl methyl sites for hydroxylation is 1. The van der Waals surface area contributed by atoms with E-state index in [1.165, 1.54) is 13.0 Å². The molecule has 0 amide bonds. The number of hydrogen-bond donors (Lipinski definition) is 2. The summed E-state index contributed by atoms with van der Waals surface area (Å²) >= 11 is 0. The summed E-state index contributed by atoms with van der Waals surface area (Å²) < 4.78 is 53.9. The standard InChI is InChI=1S/C7H7NO5S2.C6H7N/c1-5-4-6(15(11,12)13)2-3-7(5)8-14(9)10;7-6-4-2-1-3-5-6/h2-4H,1H3,(H,11,12,13);1-5H,7H2. The summed E-state index contributed by atoms with van der Waals surface area (Å²) in [6.45, 7) is 1.49. The summed E-state index contributed by atoms with van der Waals surface area (Å²) in [4.78, 5) is -0.296. The highest BCUT2D eigenvalue weighted by molar-refractivity contribution is 7.85. The van der Waals surface area contributed by atoms with E-state index >= 15 is 0 Å². The normalized spacial score (nSPS) is 10.3. The van der Waals surface area contributed by atoms with Crippen LogP contribution in [-0.4, -0.2) is 21.4 Å². The third kappa shape index (κ3) is 6.04. The Morgan fingerprint density at radius 1 is 1.09 bits per heavy atom. The Balaban J connectivity index is 0.000000287. The molecule has 0 heterocycles. The Hall–Kier alpha value is -2.23. The SMILES string of the molecule is Cc1cc(S(=O)(=O)O)ccc1N=S(=O)=O.Nc1ccccc1. The topological polar surface area (TPSA) is 127 Å². The smallest absolute Gasteiger partial charge is 0.316 e. The molecule has 0 unspecified atom stereocenters. The zero-order valence-corrected chi connectivity index (χ0v) is 13.2. The van der Waals surface area contributed by atoms with Crippen molar-refractivity contribution in [2.24, 2.45) is 4.36 Å². The van der Waals surface area contributed by atoms with Crippen molar-refractivity contribution < 1.29 is 21.4 Å². The quantitative estimate of drug-likeness (QED) is 0.636. The van der Waals surface area contributed by atoms with Crippen molar-refractivity contribution in [2.75, 3.05) is 5.73 Å². The minimum Gasteiger partial charge on any atom is -0.399 e. The first-order valence-corrected chi connectivity index (χ1v) is 8.37. The van der Waals surface area contributed by atoms with E-state index in [9.17, 15) is 16.8 Å². The highest BCUT2D eigenvalue weighted by Gasteiger charge is 2.10. The van der Waals surface area contributed by atoms with Crippen LogP contribution in [0.3, 0.4) is 0 Å². The molecule has 22 heavy (non-hydrogen) atoms.